The molecule has 0 saturated carbocycles. The smallest absolute Gasteiger partial charge is 0.220 e. The van der Waals surface area contributed by atoms with Crippen molar-refractivity contribution in [2.45, 2.75) is 25.4 Å². The zero-order valence-corrected chi connectivity index (χ0v) is 9.86. The Kier molecular flexibility index (Phi) is 3.45. The number of aryl methyl sites for hydroxylation is 1. The van der Waals surface area contributed by atoms with Gasteiger partial charge in [-0.05, 0) is 18.1 Å². The molecule has 0 aliphatic carbocycles. The van der Waals surface area contributed by atoms with Crippen LogP contribution in [0, 0.1) is 11.3 Å². The summed E-state index contributed by atoms with van der Waals surface area (Å²) >= 11 is 0. The Morgan fingerprint density at radius 2 is 2.53 bits per heavy atom. The third-order valence-corrected chi connectivity index (χ3v) is 2.98. The molecule has 0 spiro atoms. The molecule has 1 aromatic rings. The molecule has 1 aliphatic heterocycles. The third-order valence-electron chi connectivity index (χ3n) is 2.98. The van der Waals surface area contributed by atoms with Crippen LogP contribution in [-0.4, -0.2) is 23.1 Å². The fourth-order valence-electron chi connectivity index (χ4n) is 2.06. The maximum absolute atomic E-state index is 11.0. The van der Waals surface area contributed by atoms with Gasteiger partial charge in [0.15, 0.2) is 0 Å². The van der Waals surface area contributed by atoms with E-state index in [0.717, 1.165) is 25.1 Å². The van der Waals surface area contributed by atoms with Crippen LogP contribution in [0.5, 0.6) is 0 Å². The molecule has 5 heteroatoms. The van der Waals surface area contributed by atoms with Gasteiger partial charge >= 0.3 is 0 Å². The van der Waals surface area contributed by atoms with Crippen molar-refractivity contribution in [3.8, 4) is 6.07 Å². The zero-order valence-electron chi connectivity index (χ0n) is 9.86. The van der Waals surface area contributed by atoms with E-state index in [1.165, 1.54) is 0 Å². The fraction of sp³-hybridized carbons (Fsp3) is 0.500. The molecule has 2 N–H and O–H groups in total. The molecule has 1 atom stereocenters. The van der Waals surface area contributed by atoms with E-state index in [1.54, 1.807) is 0 Å². The molecule has 2 rings (SSSR count). The van der Waals surface area contributed by atoms with Crippen LogP contribution in [0.3, 0.4) is 0 Å². The van der Waals surface area contributed by atoms with Gasteiger partial charge in [0.2, 0.25) is 5.91 Å². The van der Waals surface area contributed by atoms with Gasteiger partial charge in [0.1, 0.15) is 11.8 Å². The molecule has 1 amide bonds. The van der Waals surface area contributed by atoms with Gasteiger partial charge in [0, 0.05) is 38.8 Å². The first-order valence-electron chi connectivity index (χ1n) is 5.74. The molecule has 1 aliphatic rings. The second kappa shape index (κ2) is 5.02. The largest absolute Gasteiger partial charge is 0.352 e. The molecule has 17 heavy (non-hydrogen) atoms. The van der Waals surface area contributed by atoms with Crippen LogP contribution in [0.4, 0.5) is 0 Å². The van der Waals surface area contributed by atoms with Gasteiger partial charge in [-0.2, -0.15) is 5.26 Å². The molecule has 0 bridgehead atoms. The van der Waals surface area contributed by atoms with E-state index in [0.29, 0.717) is 12.1 Å². The number of nitriles is 1. The summed E-state index contributed by atoms with van der Waals surface area (Å²) in [4.78, 5) is 11.0. The molecule has 2 heterocycles. The highest BCUT2D eigenvalue weighted by Gasteiger charge is 2.19. The van der Waals surface area contributed by atoms with E-state index in [2.05, 4.69) is 16.7 Å². The highest BCUT2D eigenvalue weighted by molar-refractivity contribution is 5.78. The molecule has 5 nitrogen and oxygen atoms in total. The van der Waals surface area contributed by atoms with Gasteiger partial charge in [-0.1, -0.05) is 0 Å². The zero-order chi connectivity index (χ0) is 12.3. The summed E-state index contributed by atoms with van der Waals surface area (Å²) in [5.74, 6) is 0.142. The number of rotatable bonds is 4. The lowest BCUT2D eigenvalue weighted by Crippen LogP contribution is -2.35. The summed E-state index contributed by atoms with van der Waals surface area (Å²) in [6.45, 7) is 1.50. The lowest BCUT2D eigenvalue weighted by Gasteiger charge is -2.10. The van der Waals surface area contributed by atoms with Gasteiger partial charge in [-0.15, -0.1) is 0 Å². The molecular formula is C12H16N4O. The van der Waals surface area contributed by atoms with Crippen molar-refractivity contribution >= 4 is 5.91 Å². The Morgan fingerprint density at radius 1 is 1.71 bits per heavy atom. The first-order chi connectivity index (χ1) is 8.19. The molecule has 1 saturated heterocycles. The first kappa shape index (κ1) is 11.7. The summed E-state index contributed by atoms with van der Waals surface area (Å²) in [7, 11) is 1.86. The van der Waals surface area contributed by atoms with Crippen LogP contribution >= 0.6 is 0 Å². The quantitative estimate of drug-likeness (QED) is 0.782. The second-order valence-electron chi connectivity index (χ2n) is 4.39. The molecule has 1 fully saturated rings. The number of nitrogens with one attached hydrogen (secondary N) is 2. The van der Waals surface area contributed by atoms with Crippen LogP contribution in [0.15, 0.2) is 12.3 Å². The first-order valence-corrected chi connectivity index (χ1v) is 5.74. The number of carbonyl (C=O) groups is 1. The van der Waals surface area contributed by atoms with E-state index < -0.39 is 0 Å². The second-order valence-corrected chi connectivity index (χ2v) is 4.39. The van der Waals surface area contributed by atoms with Gasteiger partial charge in [-0.25, -0.2) is 0 Å². The van der Waals surface area contributed by atoms with Gasteiger partial charge in [0.05, 0.1) is 0 Å². The summed E-state index contributed by atoms with van der Waals surface area (Å²) in [5.41, 5.74) is 1.75. The van der Waals surface area contributed by atoms with Crippen LogP contribution in [-0.2, 0) is 18.4 Å². The standard InChI is InChI=1S/C12H16N4O/c1-16-8-9(4-11(16)5-13)6-14-7-10-2-3-12(17)15-10/h4,8,10,14H,2-3,6-7H2,1H3,(H,15,17). The number of aromatic nitrogens is 1. The van der Waals surface area contributed by atoms with Crippen LogP contribution in [0.1, 0.15) is 24.1 Å². The van der Waals surface area contributed by atoms with Crippen molar-refractivity contribution < 1.29 is 4.79 Å². The minimum Gasteiger partial charge on any atom is -0.352 e. The fourth-order valence-corrected chi connectivity index (χ4v) is 2.06. The van der Waals surface area contributed by atoms with Crippen molar-refractivity contribution in [1.82, 2.24) is 15.2 Å². The van der Waals surface area contributed by atoms with E-state index in [4.69, 9.17) is 5.26 Å². The van der Waals surface area contributed by atoms with Crippen molar-refractivity contribution in [3.05, 3.63) is 23.5 Å². The number of amides is 1. The monoisotopic (exact) mass is 232 g/mol. The molecule has 0 aromatic carbocycles. The minimum absolute atomic E-state index is 0.142. The van der Waals surface area contributed by atoms with Gasteiger partial charge in [0.25, 0.3) is 0 Å². The Morgan fingerprint density at radius 3 is 3.12 bits per heavy atom. The van der Waals surface area contributed by atoms with Crippen molar-refractivity contribution in [2.24, 2.45) is 7.05 Å². The average molecular weight is 232 g/mol. The van der Waals surface area contributed by atoms with Gasteiger partial charge < -0.3 is 15.2 Å². The van der Waals surface area contributed by atoms with E-state index in [-0.39, 0.29) is 11.9 Å². The molecule has 1 aromatic heterocycles. The summed E-state index contributed by atoms with van der Waals surface area (Å²) in [6, 6.07) is 4.26. The average Bonchev–Trinajstić information content (AvgIpc) is 2.85. The van der Waals surface area contributed by atoms with Crippen molar-refractivity contribution in [1.29, 1.82) is 5.26 Å². The third kappa shape index (κ3) is 2.86. The van der Waals surface area contributed by atoms with E-state index in [9.17, 15) is 4.79 Å². The van der Waals surface area contributed by atoms with Gasteiger partial charge in [-0.3, -0.25) is 4.79 Å². The van der Waals surface area contributed by atoms with Crippen molar-refractivity contribution in [2.75, 3.05) is 6.54 Å². The minimum atomic E-state index is 0.142. The normalized spacial score (nSPS) is 19.1. The topological polar surface area (TPSA) is 69.8 Å². The maximum Gasteiger partial charge on any atom is 0.220 e. The molecule has 1 unspecified atom stereocenters. The highest BCUT2D eigenvalue weighted by Crippen LogP contribution is 2.07. The predicted molar refractivity (Wildman–Crippen MR) is 63.0 cm³/mol. The Hall–Kier alpha value is -1.80. The van der Waals surface area contributed by atoms with Crippen LogP contribution in [0.2, 0.25) is 0 Å². The van der Waals surface area contributed by atoms with E-state index >= 15 is 0 Å². The van der Waals surface area contributed by atoms with Crippen LogP contribution < -0.4 is 10.6 Å². The SMILES string of the molecule is Cn1cc(CNCC2CCC(=O)N2)cc1C#N. The van der Waals surface area contributed by atoms with E-state index in [1.807, 2.05) is 23.9 Å². The van der Waals surface area contributed by atoms with Crippen molar-refractivity contribution in [3.63, 3.8) is 0 Å². The molecule has 90 valence electrons. The maximum atomic E-state index is 11.0. The number of nitrogens with zero attached hydrogens (tertiary/aromatic N) is 2. The molecular weight excluding hydrogens is 216 g/mol. The predicted octanol–water partition coefficient (Wildman–Crippen LogP) is 0.265. The lowest BCUT2D eigenvalue weighted by molar-refractivity contribution is -0.119. The number of carbonyl (C=O) groups excluding carboxylic acids is 1. The number of hydrogen-bond acceptors (Lipinski definition) is 3. The highest BCUT2D eigenvalue weighted by atomic mass is 16.1. The van der Waals surface area contributed by atoms with Crippen LogP contribution in [0.25, 0.3) is 0 Å². The Balaban J connectivity index is 1.78. The number of hydrogen-bond donors (Lipinski definition) is 2. The Bertz CT molecular complexity index is 458. The summed E-state index contributed by atoms with van der Waals surface area (Å²) < 4.78 is 1.81. The summed E-state index contributed by atoms with van der Waals surface area (Å²) in [5, 5.41) is 15.0. The Labute approximate surface area is 100 Å². The lowest BCUT2D eigenvalue weighted by atomic mass is 10.2. The molecule has 0 radical (unpaired) electrons. The summed E-state index contributed by atoms with van der Waals surface area (Å²) in [6.07, 6.45) is 3.49.